The molecule has 3 rings (SSSR count). The average molecular weight is 239 g/mol. The number of pyridine rings is 1. The van der Waals surface area contributed by atoms with Gasteiger partial charge in [0.05, 0.1) is 23.5 Å². The molecule has 0 fully saturated rings. The number of fused-ring (bicyclic) bond motifs is 1. The van der Waals surface area contributed by atoms with Crippen molar-refractivity contribution in [2.75, 3.05) is 0 Å². The van der Waals surface area contributed by atoms with E-state index in [0.29, 0.717) is 12.1 Å². The van der Waals surface area contributed by atoms with Crippen LogP contribution in [-0.2, 0) is 11.2 Å². The summed E-state index contributed by atoms with van der Waals surface area (Å²) in [7, 11) is 0. The second-order valence-electron chi connectivity index (χ2n) is 3.92. The summed E-state index contributed by atoms with van der Waals surface area (Å²) in [4.78, 5) is 15.2. The van der Waals surface area contributed by atoms with Crippen LogP contribution in [-0.4, -0.2) is 36.3 Å². The molecule has 1 atom stereocenters. The van der Waals surface area contributed by atoms with Crippen molar-refractivity contribution in [3.63, 3.8) is 0 Å². The van der Waals surface area contributed by atoms with Gasteiger partial charge in [-0.15, -0.1) is 5.10 Å². The van der Waals surface area contributed by atoms with Crippen LogP contribution in [0.2, 0.25) is 0 Å². The van der Waals surface area contributed by atoms with Crippen LogP contribution in [0.4, 0.5) is 0 Å². The molecular formula is C10H10LiN5O2. The van der Waals surface area contributed by atoms with Gasteiger partial charge in [-0.25, -0.2) is 0 Å². The van der Waals surface area contributed by atoms with E-state index in [-0.39, 0.29) is 20.3 Å². The summed E-state index contributed by atoms with van der Waals surface area (Å²) in [6.45, 7) is 0. The maximum absolute atomic E-state index is 11.0. The van der Waals surface area contributed by atoms with E-state index in [0.717, 1.165) is 17.7 Å². The van der Waals surface area contributed by atoms with Crippen molar-refractivity contribution in [3.8, 4) is 5.69 Å². The minimum Gasteiger partial charge on any atom is -1.00 e. The maximum atomic E-state index is 11.0. The fourth-order valence-corrected chi connectivity index (χ4v) is 2.10. The third-order valence-corrected chi connectivity index (χ3v) is 2.93. The SMILES string of the molecule is O=C(O)C1CCc2cc(-n3cnnn3)cnc21.[H-].[Li+]. The molecule has 0 aromatic carbocycles. The summed E-state index contributed by atoms with van der Waals surface area (Å²) in [5.41, 5.74) is 2.37. The number of hydrogen-bond donors (Lipinski definition) is 1. The van der Waals surface area contributed by atoms with E-state index < -0.39 is 11.9 Å². The Balaban J connectivity index is 0.000000902. The monoisotopic (exact) mass is 239 g/mol. The Bertz CT molecular complexity index is 577. The topological polar surface area (TPSA) is 93.8 Å². The average Bonchev–Trinajstić information content (AvgIpc) is 2.97. The minimum atomic E-state index is -0.813. The molecule has 0 saturated carbocycles. The van der Waals surface area contributed by atoms with Crippen LogP contribution in [0.3, 0.4) is 0 Å². The summed E-state index contributed by atoms with van der Waals surface area (Å²) >= 11 is 0. The van der Waals surface area contributed by atoms with E-state index in [1.807, 2.05) is 6.07 Å². The Labute approximate surface area is 116 Å². The van der Waals surface area contributed by atoms with E-state index in [1.54, 1.807) is 6.20 Å². The van der Waals surface area contributed by atoms with E-state index in [2.05, 4.69) is 20.5 Å². The van der Waals surface area contributed by atoms with Crippen LogP contribution in [0.1, 0.15) is 25.0 Å². The van der Waals surface area contributed by atoms with E-state index in [9.17, 15) is 4.79 Å². The van der Waals surface area contributed by atoms with Crippen LogP contribution in [0, 0.1) is 0 Å². The number of tetrazole rings is 1. The number of aryl methyl sites for hydroxylation is 1. The summed E-state index contributed by atoms with van der Waals surface area (Å²) < 4.78 is 1.50. The summed E-state index contributed by atoms with van der Waals surface area (Å²) in [5.74, 6) is -1.29. The number of carboxylic acids is 1. The first-order chi connectivity index (χ1) is 8.25. The first-order valence-electron chi connectivity index (χ1n) is 5.20. The van der Waals surface area contributed by atoms with Crippen molar-refractivity contribution in [1.29, 1.82) is 0 Å². The van der Waals surface area contributed by atoms with Crippen molar-refractivity contribution in [2.24, 2.45) is 0 Å². The van der Waals surface area contributed by atoms with Crippen LogP contribution >= 0.6 is 0 Å². The smallest absolute Gasteiger partial charge is 1.00 e. The zero-order chi connectivity index (χ0) is 11.8. The number of nitrogens with zero attached hydrogens (tertiary/aromatic N) is 5. The predicted molar refractivity (Wildman–Crippen MR) is 56.8 cm³/mol. The number of hydrogen-bond acceptors (Lipinski definition) is 5. The maximum Gasteiger partial charge on any atom is 1.00 e. The Morgan fingerprint density at radius 3 is 3.06 bits per heavy atom. The van der Waals surface area contributed by atoms with Gasteiger partial charge in [-0.05, 0) is 34.9 Å². The Morgan fingerprint density at radius 1 is 1.56 bits per heavy atom. The van der Waals surface area contributed by atoms with Crippen molar-refractivity contribution in [1.82, 2.24) is 25.2 Å². The molecule has 1 aliphatic carbocycles. The molecule has 0 radical (unpaired) electrons. The van der Waals surface area contributed by atoms with Crippen LogP contribution in [0.25, 0.3) is 5.69 Å². The Hall–Kier alpha value is -1.71. The van der Waals surface area contributed by atoms with E-state index in [4.69, 9.17) is 5.11 Å². The van der Waals surface area contributed by atoms with Gasteiger partial charge in [0.25, 0.3) is 0 Å². The van der Waals surface area contributed by atoms with Crippen LogP contribution < -0.4 is 18.9 Å². The van der Waals surface area contributed by atoms with Crippen molar-refractivity contribution in [2.45, 2.75) is 18.8 Å². The van der Waals surface area contributed by atoms with Gasteiger partial charge in [-0.1, -0.05) is 0 Å². The summed E-state index contributed by atoms with van der Waals surface area (Å²) in [6.07, 6.45) is 4.41. The molecule has 0 saturated heterocycles. The van der Waals surface area contributed by atoms with Crippen molar-refractivity contribution in [3.05, 3.63) is 29.8 Å². The molecule has 2 aromatic rings. The van der Waals surface area contributed by atoms with Gasteiger partial charge in [-0.2, -0.15) is 4.68 Å². The number of aliphatic carboxylic acids is 1. The molecule has 7 nitrogen and oxygen atoms in total. The molecule has 2 aromatic heterocycles. The molecule has 1 unspecified atom stereocenters. The van der Waals surface area contributed by atoms with Gasteiger partial charge < -0.3 is 6.53 Å². The Morgan fingerprint density at radius 2 is 2.39 bits per heavy atom. The van der Waals surface area contributed by atoms with Gasteiger partial charge in [0.1, 0.15) is 6.33 Å². The molecule has 0 amide bonds. The summed E-state index contributed by atoms with van der Waals surface area (Å²) in [6, 6.07) is 1.89. The van der Waals surface area contributed by atoms with Gasteiger partial charge in [0.15, 0.2) is 0 Å². The number of aromatic nitrogens is 5. The van der Waals surface area contributed by atoms with Crippen LogP contribution in [0.5, 0.6) is 0 Å². The minimum absolute atomic E-state index is 0. The first-order valence-corrected chi connectivity index (χ1v) is 5.20. The normalized spacial score (nSPS) is 17.0. The second kappa shape index (κ2) is 4.88. The second-order valence-corrected chi connectivity index (χ2v) is 3.92. The fraction of sp³-hybridized carbons (Fsp3) is 0.300. The predicted octanol–water partition coefficient (Wildman–Crippen LogP) is -2.71. The van der Waals surface area contributed by atoms with E-state index >= 15 is 0 Å². The van der Waals surface area contributed by atoms with Crippen molar-refractivity contribution >= 4 is 5.97 Å². The van der Waals surface area contributed by atoms with Gasteiger partial charge >= 0.3 is 24.8 Å². The zero-order valence-corrected chi connectivity index (χ0v) is 9.82. The van der Waals surface area contributed by atoms with Gasteiger partial charge in [0.2, 0.25) is 0 Å². The number of rotatable bonds is 2. The van der Waals surface area contributed by atoms with Gasteiger partial charge in [0, 0.05) is 0 Å². The molecule has 0 spiro atoms. The van der Waals surface area contributed by atoms with Crippen molar-refractivity contribution < 1.29 is 30.2 Å². The zero-order valence-electron chi connectivity index (χ0n) is 10.8. The molecule has 88 valence electrons. The van der Waals surface area contributed by atoms with Crippen LogP contribution in [0.15, 0.2) is 18.6 Å². The molecule has 2 heterocycles. The third-order valence-electron chi connectivity index (χ3n) is 2.93. The van der Waals surface area contributed by atoms with E-state index in [1.165, 1.54) is 11.0 Å². The fourth-order valence-electron chi connectivity index (χ4n) is 2.10. The standard InChI is InChI=1S/C10H9N5O2.Li.H/c16-10(17)8-2-1-6-3-7(4-11-9(6)8)15-5-12-13-14-15;;/h3-5,8H,1-2H2,(H,16,17);;/q;+1;-1. The van der Waals surface area contributed by atoms with Gasteiger partial charge in [-0.3, -0.25) is 9.78 Å². The number of carbonyl (C=O) groups is 1. The quantitative estimate of drug-likeness (QED) is 0.573. The number of carboxylic acid groups (broad SMARTS) is 1. The molecule has 18 heavy (non-hydrogen) atoms. The molecule has 1 N–H and O–H groups in total. The Kier molecular flexibility index (Phi) is 3.45. The molecule has 0 bridgehead atoms. The molecule has 1 aliphatic rings. The molecule has 8 heteroatoms. The first kappa shape index (κ1) is 12.7. The molecule has 0 aliphatic heterocycles. The largest absolute Gasteiger partial charge is 1.00 e. The summed E-state index contributed by atoms with van der Waals surface area (Å²) in [5, 5.41) is 19.9. The molecular weight excluding hydrogens is 229 g/mol. The third kappa shape index (κ3) is 2.03.